The highest BCUT2D eigenvalue weighted by Crippen LogP contribution is 2.29. The third-order valence-electron chi connectivity index (χ3n) is 7.24. The molecule has 0 atom stereocenters. The summed E-state index contributed by atoms with van der Waals surface area (Å²) in [6, 6.07) is 0. The smallest absolute Gasteiger partial charge is 0.0331 e. The Morgan fingerprint density at radius 1 is 0.400 bits per heavy atom. The first-order valence-corrected chi connectivity index (χ1v) is 13.9. The standard InChI is InChI=1S/C28H60N2/c1-5-7-9-11-13-15-17-19-21-23-25-28(30,27(3,4)29)26-24-22-20-18-16-14-12-10-8-6-2/h5-26,29-30H2,1-4H3. The Bertz CT molecular complexity index is 321. The quantitative estimate of drug-likeness (QED) is 0.161. The predicted octanol–water partition coefficient (Wildman–Crippen LogP) is 9.04. The molecule has 0 bridgehead atoms. The molecule has 0 fully saturated rings. The van der Waals surface area contributed by atoms with Crippen LogP contribution in [0.15, 0.2) is 0 Å². The fraction of sp³-hybridized carbons (Fsp3) is 1.00. The fourth-order valence-electron chi connectivity index (χ4n) is 4.63. The summed E-state index contributed by atoms with van der Waals surface area (Å²) in [7, 11) is 0. The van der Waals surface area contributed by atoms with Crippen molar-refractivity contribution in [1.82, 2.24) is 0 Å². The van der Waals surface area contributed by atoms with Crippen molar-refractivity contribution in [1.29, 1.82) is 0 Å². The molecule has 2 heteroatoms. The van der Waals surface area contributed by atoms with Crippen molar-refractivity contribution in [3.05, 3.63) is 0 Å². The molecule has 0 spiro atoms. The minimum Gasteiger partial charge on any atom is -0.324 e. The van der Waals surface area contributed by atoms with Gasteiger partial charge in [-0.1, -0.05) is 142 Å². The lowest BCUT2D eigenvalue weighted by Gasteiger charge is -2.42. The van der Waals surface area contributed by atoms with Gasteiger partial charge < -0.3 is 11.5 Å². The Balaban J connectivity index is 3.81. The van der Waals surface area contributed by atoms with Gasteiger partial charge in [0.2, 0.25) is 0 Å². The van der Waals surface area contributed by atoms with Gasteiger partial charge in [0.15, 0.2) is 0 Å². The van der Waals surface area contributed by atoms with Gasteiger partial charge in [-0.05, 0) is 26.7 Å². The molecule has 0 aliphatic carbocycles. The van der Waals surface area contributed by atoms with E-state index < -0.39 is 0 Å². The van der Waals surface area contributed by atoms with E-state index in [1.165, 1.54) is 128 Å². The topological polar surface area (TPSA) is 52.0 Å². The van der Waals surface area contributed by atoms with Gasteiger partial charge in [-0.15, -0.1) is 0 Å². The molecule has 0 aromatic heterocycles. The molecule has 0 aromatic rings. The zero-order valence-corrected chi connectivity index (χ0v) is 21.7. The van der Waals surface area contributed by atoms with Gasteiger partial charge in [0.05, 0.1) is 0 Å². The lowest BCUT2D eigenvalue weighted by Crippen LogP contribution is -2.62. The summed E-state index contributed by atoms with van der Waals surface area (Å²) in [5.41, 5.74) is 12.9. The van der Waals surface area contributed by atoms with Gasteiger partial charge in [0, 0.05) is 11.1 Å². The molecule has 0 heterocycles. The fourth-order valence-corrected chi connectivity index (χ4v) is 4.63. The molecular formula is C28H60N2. The second-order valence-corrected chi connectivity index (χ2v) is 10.7. The van der Waals surface area contributed by atoms with E-state index >= 15 is 0 Å². The summed E-state index contributed by atoms with van der Waals surface area (Å²) in [5, 5.41) is 0. The van der Waals surface area contributed by atoms with Gasteiger partial charge in [-0.25, -0.2) is 0 Å². The van der Waals surface area contributed by atoms with E-state index in [9.17, 15) is 0 Å². The number of hydrogen-bond donors (Lipinski definition) is 2. The molecule has 0 aliphatic rings. The van der Waals surface area contributed by atoms with Crippen LogP contribution >= 0.6 is 0 Å². The SMILES string of the molecule is CCCCCCCCCCCCC(N)(CCCCCCCCCCCC)C(C)(C)N. The minimum atomic E-state index is -0.286. The summed E-state index contributed by atoms with van der Waals surface area (Å²) in [5.74, 6) is 0. The molecule has 0 radical (unpaired) electrons. The molecule has 0 saturated heterocycles. The molecule has 0 unspecified atom stereocenters. The van der Waals surface area contributed by atoms with Gasteiger partial charge in [0.25, 0.3) is 0 Å². The van der Waals surface area contributed by atoms with E-state index in [0.29, 0.717) is 0 Å². The van der Waals surface area contributed by atoms with E-state index in [4.69, 9.17) is 11.5 Å². The number of hydrogen-bond acceptors (Lipinski definition) is 2. The van der Waals surface area contributed by atoms with E-state index in [2.05, 4.69) is 27.7 Å². The van der Waals surface area contributed by atoms with E-state index in [1.54, 1.807) is 0 Å². The second-order valence-electron chi connectivity index (χ2n) is 10.7. The number of rotatable bonds is 23. The molecule has 30 heavy (non-hydrogen) atoms. The Morgan fingerprint density at radius 3 is 0.867 bits per heavy atom. The summed E-state index contributed by atoms with van der Waals surface area (Å²) >= 11 is 0. The van der Waals surface area contributed by atoms with Crippen LogP contribution in [-0.4, -0.2) is 11.1 Å². The van der Waals surface area contributed by atoms with E-state index in [0.717, 1.165) is 12.8 Å². The van der Waals surface area contributed by atoms with Crippen molar-refractivity contribution in [2.45, 2.75) is 180 Å². The second kappa shape index (κ2) is 19.6. The van der Waals surface area contributed by atoms with Crippen LogP contribution in [-0.2, 0) is 0 Å². The van der Waals surface area contributed by atoms with Gasteiger partial charge >= 0.3 is 0 Å². The molecule has 182 valence electrons. The van der Waals surface area contributed by atoms with Crippen LogP contribution < -0.4 is 11.5 Å². The van der Waals surface area contributed by atoms with Crippen LogP contribution in [0.2, 0.25) is 0 Å². The first-order valence-electron chi connectivity index (χ1n) is 13.9. The summed E-state index contributed by atoms with van der Waals surface area (Å²) in [4.78, 5) is 0. The van der Waals surface area contributed by atoms with E-state index in [1.807, 2.05) is 0 Å². The summed E-state index contributed by atoms with van der Waals surface area (Å²) in [6.07, 6.45) is 29.7. The Morgan fingerprint density at radius 2 is 0.633 bits per heavy atom. The van der Waals surface area contributed by atoms with Crippen molar-refractivity contribution < 1.29 is 0 Å². The molecule has 4 N–H and O–H groups in total. The molecule has 2 nitrogen and oxygen atoms in total. The third kappa shape index (κ3) is 16.6. The largest absolute Gasteiger partial charge is 0.324 e. The van der Waals surface area contributed by atoms with Gasteiger partial charge in [-0.2, -0.15) is 0 Å². The molecule has 0 aromatic carbocycles. The number of unbranched alkanes of at least 4 members (excludes halogenated alkanes) is 18. The maximum atomic E-state index is 6.87. The molecule has 0 rings (SSSR count). The van der Waals surface area contributed by atoms with Crippen molar-refractivity contribution in [3.8, 4) is 0 Å². The summed E-state index contributed by atoms with van der Waals surface area (Å²) < 4.78 is 0. The van der Waals surface area contributed by atoms with Crippen LogP contribution in [0.4, 0.5) is 0 Å². The maximum Gasteiger partial charge on any atom is 0.0331 e. The first-order chi connectivity index (χ1) is 14.4. The molecular weight excluding hydrogens is 364 g/mol. The maximum absolute atomic E-state index is 6.87. The zero-order valence-electron chi connectivity index (χ0n) is 21.7. The van der Waals surface area contributed by atoms with Crippen molar-refractivity contribution in [2.24, 2.45) is 11.5 Å². The van der Waals surface area contributed by atoms with Crippen LogP contribution in [0.1, 0.15) is 169 Å². The van der Waals surface area contributed by atoms with Crippen molar-refractivity contribution >= 4 is 0 Å². The molecule has 0 amide bonds. The van der Waals surface area contributed by atoms with Gasteiger partial charge in [0.1, 0.15) is 0 Å². The number of nitrogens with two attached hydrogens (primary N) is 2. The van der Waals surface area contributed by atoms with Crippen molar-refractivity contribution in [2.75, 3.05) is 0 Å². The Kier molecular flexibility index (Phi) is 19.5. The van der Waals surface area contributed by atoms with Gasteiger partial charge in [-0.3, -0.25) is 0 Å². The molecule has 0 aliphatic heterocycles. The highest BCUT2D eigenvalue weighted by molar-refractivity contribution is 5.01. The average molecular weight is 425 g/mol. The predicted molar refractivity (Wildman–Crippen MR) is 138 cm³/mol. The zero-order chi connectivity index (χ0) is 22.6. The van der Waals surface area contributed by atoms with Crippen molar-refractivity contribution in [3.63, 3.8) is 0 Å². The van der Waals surface area contributed by atoms with E-state index in [-0.39, 0.29) is 11.1 Å². The third-order valence-corrected chi connectivity index (χ3v) is 7.24. The lowest BCUT2D eigenvalue weighted by molar-refractivity contribution is 0.212. The van der Waals surface area contributed by atoms with Crippen LogP contribution in [0.5, 0.6) is 0 Å². The Hall–Kier alpha value is -0.0800. The average Bonchev–Trinajstić information content (AvgIpc) is 2.70. The Labute approximate surface area is 191 Å². The van der Waals surface area contributed by atoms with Crippen LogP contribution in [0.25, 0.3) is 0 Å². The summed E-state index contributed by atoms with van der Waals surface area (Å²) in [6.45, 7) is 8.85. The minimum absolute atomic E-state index is 0.201. The first kappa shape index (κ1) is 29.9. The van der Waals surface area contributed by atoms with Crippen LogP contribution in [0, 0.1) is 0 Å². The highest BCUT2D eigenvalue weighted by Gasteiger charge is 2.37. The van der Waals surface area contributed by atoms with Crippen LogP contribution in [0.3, 0.4) is 0 Å². The molecule has 0 saturated carbocycles. The highest BCUT2D eigenvalue weighted by atomic mass is 14.9. The normalized spacial score (nSPS) is 12.6. The monoisotopic (exact) mass is 424 g/mol. The lowest BCUT2D eigenvalue weighted by atomic mass is 9.73.